The Hall–Kier alpha value is -2.30. The zero-order valence-corrected chi connectivity index (χ0v) is 15.0. The Morgan fingerprint density at radius 1 is 1.20 bits per heavy atom. The van der Waals surface area contributed by atoms with E-state index in [1.807, 2.05) is 44.2 Å². The highest BCUT2D eigenvalue weighted by Crippen LogP contribution is 2.27. The summed E-state index contributed by atoms with van der Waals surface area (Å²) in [5.74, 6) is 0.0793. The zero-order chi connectivity index (χ0) is 17.8. The fraction of sp³-hybridized carbons (Fsp3) is 0.250. The van der Waals surface area contributed by atoms with Crippen molar-refractivity contribution in [3.8, 4) is 0 Å². The number of fused-ring (bicyclic) bond motifs is 1. The molecule has 25 heavy (non-hydrogen) atoms. The lowest BCUT2D eigenvalue weighted by molar-refractivity contribution is 0.0923. The van der Waals surface area contributed by atoms with Gasteiger partial charge in [0, 0.05) is 29.1 Å². The molecule has 0 radical (unpaired) electrons. The van der Waals surface area contributed by atoms with Gasteiger partial charge in [-0.1, -0.05) is 35.9 Å². The van der Waals surface area contributed by atoms with E-state index in [1.165, 1.54) is 0 Å². The highest BCUT2D eigenvalue weighted by atomic mass is 35.5. The molecule has 1 amide bonds. The summed E-state index contributed by atoms with van der Waals surface area (Å²) in [6.07, 6.45) is 0. The zero-order valence-electron chi connectivity index (χ0n) is 14.3. The largest absolute Gasteiger partial charge is 0.451 e. The Labute approximate surface area is 151 Å². The van der Waals surface area contributed by atoms with E-state index in [4.69, 9.17) is 20.8 Å². The molecule has 1 heterocycles. The molecule has 2 aromatic carbocycles. The molecular formula is C20H20ClNO3. The van der Waals surface area contributed by atoms with Crippen molar-refractivity contribution in [3.63, 3.8) is 0 Å². The number of hydrogen-bond donors (Lipinski definition) is 1. The first kappa shape index (κ1) is 17.5. The van der Waals surface area contributed by atoms with Gasteiger partial charge in [-0.25, -0.2) is 0 Å². The van der Waals surface area contributed by atoms with Gasteiger partial charge in [0.2, 0.25) is 0 Å². The number of amides is 1. The molecule has 0 fully saturated rings. The molecule has 0 unspecified atom stereocenters. The first-order chi connectivity index (χ1) is 12.1. The van der Waals surface area contributed by atoms with Crippen molar-refractivity contribution < 1.29 is 13.9 Å². The third-order valence-electron chi connectivity index (χ3n) is 4.12. The second kappa shape index (κ2) is 7.72. The van der Waals surface area contributed by atoms with Gasteiger partial charge in [0.1, 0.15) is 5.58 Å². The fourth-order valence-corrected chi connectivity index (χ4v) is 2.92. The maximum absolute atomic E-state index is 12.5. The average molecular weight is 358 g/mol. The van der Waals surface area contributed by atoms with Gasteiger partial charge in [0.25, 0.3) is 5.91 Å². The molecule has 5 heteroatoms. The SMILES string of the molecule is CCOCc1ccccc1CNC(=O)c1oc2ccc(Cl)cc2c1C. The molecule has 0 atom stereocenters. The Kier molecular flexibility index (Phi) is 5.41. The molecule has 3 rings (SSSR count). The highest BCUT2D eigenvalue weighted by Gasteiger charge is 2.18. The van der Waals surface area contributed by atoms with Crippen molar-refractivity contribution in [2.75, 3.05) is 6.61 Å². The summed E-state index contributed by atoms with van der Waals surface area (Å²) in [7, 11) is 0. The number of aryl methyl sites for hydroxylation is 1. The minimum atomic E-state index is -0.240. The molecule has 4 nitrogen and oxygen atoms in total. The maximum atomic E-state index is 12.5. The van der Waals surface area contributed by atoms with Crippen LogP contribution < -0.4 is 5.32 Å². The predicted octanol–water partition coefficient (Wildman–Crippen LogP) is 4.86. The normalized spacial score (nSPS) is 11.0. The third kappa shape index (κ3) is 3.86. The number of nitrogens with one attached hydrogen (secondary N) is 1. The van der Waals surface area contributed by atoms with Gasteiger partial charge in [-0.2, -0.15) is 0 Å². The first-order valence-electron chi connectivity index (χ1n) is 8.21. The van der Waals surface area contributed by atoms with E-state index in [-0.39, 0.29) is 5.91 Å². The molecular weight excluding hydrogens is 338 g/mol. The summed E-state index contributed by atoms with van der Waals surface area (Å²) >= 11 is 6.03. The van der Waals surface area contributed by atoms with Crippen LogP contribution in [0, 0.1) is 6.92 Å². The average Bonchev–Trinajstić information content (AvgIpc) is 2.95. The van der Waals surface area contributed by atoms with Crippen LogP contribution in [0.2, 0.25) is 5.02 Å². The summed E-state index contributed by atoms with van der Waals surface area (Å²) in [6.45, 7) is 5.42. The lowest BCUT2D eigenvalue weighted by Crippen LogP contribution is -2.23. The van der Waals surface area contributed by atoms with Crippen molar-refractivity contribution in [2.24, 2.45) is 0 Å². The Morgan fingerprint density at radius 2 is 1.96 bits per heavy atom. The third-order valence-corrected chi connectivity index (χ3v) is 4.36. The second-order valence-electron chi connectivity index (χ2n) is 5.79. The van der Waals surface area contributed by atoms with Crippen LogP contribution in [-0.2, 0) is 17.9 Å². The topological polar surface area (TPSA) is 51.5 Å². The monoisotopic (exact) mass is 357 g/mol. The second-order valence-corrected chi connectivity index (χ2v) is 6.22. The molecule has 130 valence electrons. The van der Waals surface area contributed by atoms with Gasteiger partial charge in [-0.15, -0.1) is 0 Å². The first-order valence-corrected chi connectivity index (χ1v) is 8.59. The van der Waals surface area contributed by atoms with Gasteiger partial charge in [-0.3, -0.25) is 4.79 Å². The van der Waals surface area contributed by atoms with E-state index in [9.17, 15) is 4.79 Å². The fourth-order valence-electron chi connectivity index (χ4n) is 2.75. The van der Waals surface area contributed by atoms with Crippen molar-refractivity contribution in [2.45, 2.75) is 27.0 Å². The molecule has 0 saturated heterocycles. The predicted molar refractivity (Wildman–Crippen MR) is 98.9 cm³/mol. The van der Waals surface area contributed by atoms with E-state index in [2.05, 4.69) is 5.32 Å². The quantitative estimate of drug-likeness (QED) is 0.685. The molecule has 0 saturated carbocycles. The number of hydrogen-bond acceptors (Lipinski definition) is 3. The minimum Gasteiger partial charge on any atom is -0.451 e. The highest BCUT2D eigenvalue weighted by molar-refractivity contribution is 6.31. The van der Waals surface area contributed by atoms with E-state index in [0.29, 0.717) is 36.1 Å². The smallest absolute Gasteiger partial charge is 0.287 e. The standard InChI is InChI=1S/C20H20ClNO3/c1-3-24-12-15-7-5-4-6-14(15)11-22-20(23)19-13(2)17-10-16(21)8-9-18(17)25-19/h4-10H,3,11-12H2,1-2H3,(H,22,23). The van der Waals surface area contributed by atoms with Crippen LogP contribution in [0.15, 0.2) is 46.9 Å². The van der Waals surface area contributed by atoms with Crippen LogP contribution in [-0.4, -0.2) is 12.5 Å². The molecule has 0 bridgehead atoms. The van der Waals surface area contributed by atoms with E-state index >= 15 is 0 Å². The molecule has 0 aliphatic carbocycles. The van der Waals surface area contributed by atoms with Crippen LogP contribution >= 0.6 is 11.6 Å². The van der Waals surface area contributed by atoms with Crippen LogP contribution in [0.25, 0.3) is 11.0 Å². The summed E-state index contributed by atoms with van der Waals surface area (Å²) in [6, 6.07) is 13.2. The van der Waals surface area contributed by atoms with Gasteiger partial charge in [-0.05, 0) is 43.2 Å². The molecule has 0 aliphatic rings. The van der Waals surface area contributed by atoms with Crippen molar-refractivity contribution in [1.82, 2.24) is 5.32 Å². The molecule has 3 aromatic rings. The summed E-state index contributed by atoms with van der Waals surface area (Å²) in [5.41, 5.74) is 3.54. The Morgan fingerprint density at radius 3 is 2.72 bits per heavy atom. The van der Waals surface area contributed by atoms with Gasteiger partial charge < -0.3 is 14.5 Å². The van der Waals surface area contributed by atoms with Gasteiger partial charge >= 0.3 is 0 Å². The van der Waals surface area contributed by atoms with Crippen molar-refractivity contribution >= 4 is 28.5 Å². The number of benzene rings is 2. The van der Waals surface area contributed by atoms with Crippen LogP contribution in [0.3, 0.4) is 0 Å². The molecule has 1 N–H and O–H groups in total. The number of carbonyl (C=O) groups excluding carboxylic acids is 1. The van der Waals surface area contributed by atoms with E-state index in [1.54, 1.807) is 12.1 Å². The Bertz CT molecular complexity index is 901. The van der Waals surface area contributed by atoms with Gasteiger partial charge in [0.05, 0.1) is 6.61 Å². The number of carbonyl (C=O) groups is 1. The number of halogens is 1. The summed E-state index contributed by atoms with van der Waals surface area (Å²) in [5, 5.41) is 4.40. The van der Waals surface area contributed by atoms with Crippen molar-refractivity contribution in [3.05, 3.63) is 69.9 Å². The molecule has 0 aliphatic heterocycles. The number of ether oxygens (including phenoxy) is 1. The number of rotatable bonds is 6. The van der Waals surface area contributed by atoms with Crippen LogP contribution in [0.1, 0.15) is 34.2 Å². The van der Waals surface area contributed by atoms with E-state index < -0.39 is 0 Å². The summed E-state index contributed by atoms with van der Waals surface area (Å²) in [4.78, 5) is 12.5. The Balaban J connectivity index is 1.76. The lowest BCUT2D eigenvalue weighted by Gasteiger charge is -2.10. The van der Waals surface area contributed by atoms with Gasteiger partial charge in [0.15, 0.2) is 5.76 Å². The minimum absolute atomic E-state index is 0.240. The molecule has 0 spiro atoms. The van der Waals surface area contributed by atoms with E-state index in [0.717, 1.165) is 22.1 Å². The summed E-state index contributed by atoms with van der Waals surface area (Å²) < 4.78 is 11.2. The van der Waals surface area contributed by atoms with Crippen LogP contribution in [0.4, 0.5) is 0 Å². The lowest BCUT2D eigenvalue weighted by atomic mass is 10.1. The van der Waals surface area contributed by atoms with Crippen molar-refractivity contribution in [1.29, 1.82) is 0 Å². The molecule has 1 aromatic heterocycles. The maximum Gasteiger partial charge on any atom is 0.287 e. The number of furan rings is 1. The van der Waals surface area contributed by atoms with Crippen LogP contribution in [0.5, 0.6) is 0 Å².